The summed E-state index contributed by atoms with van der Waals surface area (Å²) in [5, 5.41) is 8.38. The van der Waals surface area contributed by atoms with Gasteiger partial charge in [0.05, 0.1) is 12.5 Å². The van der Waals surface area contributed by atoms with Crippen molar-refractivity contribution in [3.8, 4) is 6.07 Å². The summed E-state index contributed by atoms with van der Waals surface area (Å²) < 4.78 is 2.00. The first kappa shape index (κ1) is 7.62. The van der Waals surface area contributed by atoms with E-state index in [-0.39, 0.29) is 0 Å². The summed E-state index contributed by atoms with van der Waals surface area (Å²) in [5.74, 6) is 0. The van der Waals surface area contributed by atoms with Gasteiger partial charge in [0, 0.05) is 18.9 Å². The molecule has 0 aromatic carbocycles. The number of aromatic nitrogens is 1. The molecular formula is C9H10N2. The second-order valence-corrected chi connectivity index (χ2v) is 2.34. The van der Waals surface area contributed by atoms with Crippen LogP contribution in [0.1, 0.15) is 5.56 Å². The molecule has 0 aliphatic carbocycles. The molecule has 0 saturated carbocycles. The zero-order valence-electron chi connectivity index (χ0n) is 6.33. The third-order valence-corrected chi connectivity index (χ3v) is 1.43. The van der Waals surface area contributed by atoms with Gasteiger partial charge in [-0.2, -0.15) is 5.26 Å². The molecule has 0 N–H and O–H groups in total. The minimum absolute atomic E-state index is 0.490. The van der Waals surface area contributed by atoms with Crippen molar-refractivity contribution >= 4 is 0 Å². The van der Waals surface area contributed by atoms with Gasteiger partial charge in [0.2, 0.25) is 0 Å². The molecule has 56 valence electrons. The standard InChI is InChI=1S/C9H10N2/c1-2-6-11-7-4-9(8-11)3-5-10/h2,4,7-8H,1,3,6H2. The number of allylic oxidation sites excluding steroid dienone is 1. The van der Waals surface area contributed by atoms with Crippen molar-refractivity contribution in [2.24, 2.45) is 0 Å². The maximum Gasteiger partial charge on any atom is 0.0670 e. The number of hydrogen-bond acceptors (Lipinski definition) is 1. The molecule has 0 amide bonds. The van der Waals surface area contributed by atoms with Gasteiger partial charge in [0.15, 0.2) is 0 Å². The van der Waals surface area contributed by atoms with Crippen LogP contribution >= 0.6 is 0 Å². The largest absolute Gasteiger partial charge is 0.350 e. The van der Waals surface area contributed by atoms with Crippen molar-refractivity contribution in [1.29, 1.82) is 5.26 Å². The molecule has 0 aliphatic heterocycles. The Hall–Kier alpha value is -1.49. The first-order valence-corrected chi connectivity index (χ1v) is 3.49. The Bertz CT molecular complexity index is 278. The Labute approximate surface area is 66.4 Å². The SMILES string of the molecule is C=CCn1ccc(CC#N)c1. The van der Waals surface area contributed by atoms with Crippen molar-refractivity contribution < 1.29 is 0 Å². The predicted molar refractivity (Wildman–Crippen MR) is 43.9 cm³/mol. The molecule has 0 spiro atoms. The van der Waals surface area contributed by atoms with Gasteiger partial charge in [-0.05, 0) is 11.6 Å². The van der Waals surface area contributed by atoms with Gasteiger partial charge < -0.3 is 4.57 Å². The van der Waals surface area contributed by atoms with Crippen LogP contribution in [0.5, 0.6) is 0 Å². The van der Waals surface area contributed by atoms with Gasteiger partial charge >= 0.3 is 0 Å². The van der Waals surface area contributed by atoms with Crippen molar-refractivity contribution in [3.05, 3.63) is 36.7 Å². The molecule has 1 heterocycles. The molecule has 0 bridgehead atoms. The highest BCUT2D eigenvalue weighted by Crippen LogP contribution is 2.01. The van der Waals surface area contributed by atoms with E-state index < -0.39 is 0 Å². The fraction of sp³-hybridized carbons (Fsp3) is 0.222. The fourth-order valence-corrected chi connectivity index (χ4v) is 0.949. The summed E-state index contributed by atoms with van der Waals surface area (Å²) in [4.78, 5) is 0. The maximum absolute atomic E-state index is 8.38. The lowest BCUT2D eigenvalue weighted by atomic mass is 10.3. The van der Waals surface area contributed by atoms with Gasteiger partial charge in [0.1, 0.15) is 0 Å². The van der Waals surface area contributed by atoms with E-state index in [0.717, 1.165) is 12.1 Å². The second-order valence-electron chi connectivity index (χ2n) is 2.34. The Morgan fingerprint density at radius 1 is 1.73 bits per heavy atom. The summed E-state index contributed by atoms with van der Waals surface area (Å²) >= 11 is 0. The lowest BCUT2D eigenvalue weighted by Gasteiger charge is -1.93. The quantitative estimate of drug-likeness (QED) is 0.597. The van der Waals surface area contributed by atoms with Gasteiger partial charge in [-0.25, -0.2) is 0 Å². The zero-order chi connectivity index (χ0) is 8.10. The number of rotatable bonds is 3. The molecule has 2 heteroatoms. The summed E-state index contributed by atoms with van der Waals surface area (Å²) in [5.41, 5.74) is 1.06. The molecule has 0 aliphatic rings. The predicted octanol–water partition coefficient (Wildman–Crippen LogP) is 1.74. The zero-order valence-corrected chi connectivity index (χ0v) is 6.33. The normalized spacial score (nSPS) is 9.00. The Morgan fingerprint density at radius 3 is 3.18 bits per heavy atom. The first-order valence-electron chi connectivity index (χ1n) is 3.49. The smallest absolute Gasteiger partial charge is 0.0670 e. The molecular weight excluding hydrogens is 136 g/mol. The van der Waals surface area contributed by atoms with Crippen LogP contribution in [0, 0.1) is 11.3 Å². The number of nitriles is 1. The van der Waals surface area contributed by atoms with Gasteiger partial charge in [-0.1, -0.05) is 6.08 Å². The molecule has 1 aromatic heterocycles. The van der Waals surface area contributed by atoms with E-state index in [0.29, 0.717) is 6.42 Å². The van der Waals surface area contributed by atoms with E-state index in [1.165, 1.54) is 0 Å². The number of nitrogens with zero attached hydrogens (tertiary/aromatic N) is 2. The second kappa shape index (κ2) is 3.62. The summed E-state index contributed by atoms with van der Waals surface area (Å²) in [6, 6.07) is 4.05. The minimum Gasteiger partial charge on any atom is -0.350 e. The molecule has 0 fully saturated rings. The summed E-state index contributed by atoms with van der Waals surface area (Å²) in [6.45, 7) is 4.44. The van der Waals surface area contributed by atoms with Crippen LogP contribution in [-0.4, -0.2) is 4.57 Å². The van der Waals surface area contributed by atoms with Crippen molar-refractivity contribution in [2.45, 2.75) is 13.0 Å². The highest BCUT2D eigenvalue weighted by atomic mass is 14.9. The molecule has 2 nitrogen and oxygen atoms in total. The minimum atomic E-state index is 0.490. The van der Waals surface area contributed by atoms with Crippen LogP contribution in [0.25, 0.3) is 0 Å². The molecule has 0 radical (unpaired) electrons. The van der Waals surface area contributed by atoms with Crippen molar-refractivity contribution in [2.75, 3.05) is 0 Å². The van der Waals surface area contributed by atoms with E-state index >= 15 is 0 Å². The molecule has 1 rings (SSSR count). The van der Waals surface area contributed by atoms with E-state index in [2.05, 4.69) is 12.6 Å². The lowest BCUT2D eigenvalue weighted by molar-refractivity contribution is 0.829. The highest BCUT2D eigenvalue weighted by molar-refractivity contribution is 5.14. The first-order chi connectivity index (χ1) is 5.36. The van der Waals surface area contributed by atoms with Crippen molar-refractivity contribution in [3.63, 3.8) is 0 Å². The summed E-state index contributed by atoms with van der Waals surface area (Å²) in [7, 11) is 0. The van der Waals surface area contributed by atoms with Crippen LogP contribution in [-0.2, 0) is 13.0 Å². The third kappa shape index (κ3) is 1.98. The molecule has 0 unspecified atom stereocenters. The van der Waals surface area contributed by atoms with Crippen LogP contribution in [0.4, 0.5) is 0 Å². The topological polar surface area (TPSA) is 28.7 Å². The molecule has 0 saturated heterocycles. The third-order valence-electron chi connectivity index (χ3n) is 1.43. The average Bonchev–Trinajstić information content (AvgIpc) is 2.38. The van der Waals surface area contributed by atoms with Gasteiger partial charge in [-0.15, -0.1) is 6.58 Å². The van der Waals surface area contributed by atoms with E-state index in [9.17, 15) is 0 Å². The molecule has 11 heavy (non-hydrogen) atoms. The number of hydrogen-bond donors (Lipinski definition) is 0. The maximum atomic E-state index is 8.38. The monoisotopic (exact) mass is 146 g/mol. The van der Waals surface area contributed by atoms with Crippen molar-refractivity contribution in [1.82, 2.24) is 4.57 Å². The molecule has 0 atom stereocenters. The Balaban J connectivity index is 2.67. The van der Waals surface area contributed by atoms with E-state index in [4.69, 9.17) is 5.26 Å². The van der Waals surface area contributed by atoms with E-state index in [1.54, 1.807) is 0 Å². The van der Waals surface area contributed by atoms with Gasteiger partial charge in [-0.3, -0.25) is 0 Å². The highest BCUT2D eigenvalue weighted by Gasteiger charge is 1.92. The van der Waals surface area contributed by atoms with Crippen LogP contribution < -0.4 is 0 Å². The van der Waals surface area contributed by atoms with Gasteiger partial charge in [0.25, 0.3) is 0 Å². The van der Waals surface area contributed by atoms with E-state index in [1.807, 2.05) is 29.1 Å². The lowest BCUT2D eigenvalue weighted by Crippen LogP contribution is -1.88. The van der Waals surface area contributed by atoms with Crippen LogP contribution in [0.15, 0.2) is 31.1 Å². The summed E-state index contributed by atoms with van der Waals surface area (Å²) in [6.07, 6.45) is 6.24. The van der Waals surface area contributed by atoms with Crippen LogP contribution in [0.3, 0.4) is 0 Å². The average molecular weight is 146 g/mol. The van der Waals surface area contributed by atoms with Crippen LogP contribution in [0.2, 0.25) is 0 Å². The Kier molecular flexibility index (Phi) is 2.51. The molecule has 1 aromatic rings. The fourth-order valence-electron chi connectivity index (χ4n) is 0.949. The Morgan fingerprint density at radius 2 is 2.55 bits per heavy atom.